The van der Waals surface area contributed by atoms with E-state index in [-0.39, 0.29) is 29.6 Å². The fourth-order valence-electron chi connectivity index (χ4n) is 2.44. The second kappa shape index (κ2) is 9.25. The second-order valence-electron chi connectivity index (χ2n) is 6.07. The monoisotopic (exact) mass is 395 g/mol. The van der Waals surface area contributed by atoms with E-state index in [0.29, 0.717) is 23.2 Å². The van der Waals surface area contributed by atoms with E-state index in [1.165, 1.54) is 26.2 Å². The number of benzene rings is 2. The van der Waals surface area contributed by atoms with Crippen molar-refractivity contribution in [2.45, 2.75) is 25.9 Å². The van der Waals surface area contributed by atoms with Gasteiger partial charge in [0.15, 0.2) is 23.9 Å². The molecule has 1 amide bonds. The van der Waals surface area contributed by atoms with Gasteiger partial charge in [-0.3, -0.25) is 9.59 Å². The molecule has 0 radical (unpaired) electrons. The van der Waals surface area contributed by atoms with Gasteiger partial charge in [-0.15, -0.1) is 0 Å². The van der Waals surface area contributed by atoms with E-state index in [0.717, 1.165) is 0 Å². The summed E-state index contributed by atoms with van der Waals surface area (Å²) >= 11 is 0. The molecular weight excluding hydrogens is 375 g/mol. The summed E-state index contributed by atoms with van der Waals surface area (Å²) in [6, 6.07) is 11.1. The predicted octanol–water partition coefficient (Wildman–Crippen LogP) is 4.41. The van der Waals surface area contributed by atoms with Crippen LogP contribution in [0.5, 0.6) is 11.5 Å². The number of ether oxygens (including phenoxy) is 2. The van der Waals surface area contributed by atoms with Gasteiger partial charge in [-0.1, -0.05) is 18.2 Å². The number of alkyl halides is 3. The van der Waals surface area contributed by atoms with Crippen molar-refractivity contribution < 1.29 is 32.2 Å². The molecule has 0 aliphatic carbocycles. The molecule has 2 rings (SSSR count). The van der Waals surface area contributed by atoms with E-state index in [1.807, 2.05) is 0 Å². The van der Waals surface area contributed by atoms with Crippen molar-refractivity contribution in [2.24, 2.45) is 0 Å². The van der Waals surface area contributed by atoms with Crippen LogP contribution in [-0.2, 0) is 11.2 Å². The van der Waals surface area contributed by atoms with Crippen LogP contribution in [0.1, 0.15) is 29.3 Å². The molecule has 5 nitrogen and oxygen atoms in total. The topological polar surface area (TPSA) is 64.6 Å². The van der Waals surface area contributed by atoms with Crippen LogP contribution < -0.4 is 14.8 Å². The van der Waals surface area contributed by atoms with Gasteiger partial charge in [-0.25, -0.2) is 0 Å². The van der Waals surface area contributed by atoms with Crippen molar-refractivity contribution in [1.82, 2.24) is 0 Å². The number of amides is 1. The molecule has 0 heterocycles. The third kappa shape index (κ3) is 6.61. The minimum atomic E-state index is -4.44. The Balaban J connectivity index is 1.95. The maximum atomic E-state index is 12.3. The maximum absolute atomic E-state index is 12.3. The highest BCUT2D eigenvalue weighted by atomic mass is 19.4. The standard InChI is InChI=1S/C20H20F3NO4/c1-13(25)15-4-3-5-16(11-15)24-19(26)9-7-14-6-8-17(18(10-14)27-2)28-12-20(21,22)23/h3-6,8,10-11H,7,9,12H2,1-2H3,(H,24,26). The summed E-state index contributed by atoms with van der Waals surface area (Å²) in [6.07, 6.45) is -3.94. The Labute approximate surface area is 160 Å². The fraction of sp³-hybridized carbons (Fsp3) is 0.300. The molecule has 1 N–H and O–H groups in total. The Morgan fingerprint density at radius 3 is 2.46 bits per heavy atom. The third-order valence-electron chi connectivity index (χ3n) is 3.81. The molecule has 150 valence electrons. The number of hydrogen-bond acceptors (Lipinski definition) is 4. The van der Waals surface area contributed by atoms with Crippen LogP contribution in [0.25, 0.3) is 0 Å². The van der Waals surface area contributed by atoms with Crippen LogP contribution in [0.4, 0.5) is 18.9 Å². The van der Waals surface area contributed by atoms with E-state index in [2.05, 4.69) is 5.32 Å². The zero-order chi connectivity index (χ0) is 20.7. The number of Topliss-reactive ketones (excluding diaryl/α,β-unsaturated/α-hetero) is 1. The van der Waals surface area contributed by atoms with Gasteiger partial charge in [0, 0.05) is 17.7 Å². The molecule has 0 aliphatic rings. The lowest BCUT2D eigenvalue weighted by Gasteiger charge is -2.13. The lowest BCUT2D eigenvalue weighted by atomic mass is 10.1. The first-order chi connectivity index (χ1) is 13.2. The Morgan fingerprint density at radius 1 is 1.07 bits per heavy atom. The zero-order valence-electron chi connectivity index (χ0n) is 15.4. The number of nitrogens with one attached hydrogen (secondary N) is 1. The molecule has 2 aromatic rings. The van der Waals surface area contributed by atoms with Crippen molar-refractivity contribution >= 4 is 17.4 Å². The lowest BCUT2D eigenvalue weighted by molar-refractivity contribution is -0.153. The number of carbonyl (C=O) groups excluding carboxylic acids is 2. The van der Waals surface area contributed by atoms with Crippen molar-refractivity contribution in [3.8, 4) is 11.5 Å². The number of aryl methyl sites for hydroxylation is 1. The molecule has 0 unspecified atom stereocenters. The van der Waals surface area contributed by atoms with Crippen LogP contribution in [-0.4, -0.2) is 31.6 Å². The van der Waals surface area contributed by atoms with Crippen LogP contribution in [0, 0.1) is 0 Å². The highest BCUT2D eigenvalue weighted by Gasteiger charge is 2.29. The fourth-order valence-corrected chi connectivity index (χ4v) is 2.44. The molecule has 0 spiro atoms. The van der Waals surface area contributed by atoms with Crippen molar-refractivity contribution in [2.75, 3.05) is 19.0 Å². The van der Waals surface area contributed by atoms with Gasteiger partial charge >= 0.3 is 6.18 Å². The van der Waals surface area contributed by atoms with Gasteiger partial charge in [0.1, 0.15) is 0 Å². The largest absolute Gasteiger partial charge is 0.493 e. The smallest absolute Gasteiger partial charge is 0.422 e. The average molecular weight is 395 g/mol. The molecule has 0 atom stereocenters. The second-order valence-corrected chi connectivity index (χ2v) is 6.07. The summed E-state index contributed by atoms with van der Waals surface area (Å²) in [5.41, 5.74) is 1.73. The van der Waals surface area contributed by atoms with Gasteiger partial charge in [-0.2, -0.15) is 13.2 Å². The van der Waals surface area contributed by atoms with Crippen LogP contribution in [0.15, 0.2) is 42.5 Å². The number of hydrogen-bond donors (Lipinski definition) is 1. The minimum Gasteiger partial charge on any atom is -0.493 e. The van der Waals surface area contributed by atoms with Gasteiger partial charge < -0.3 is 14.8 Å². The number of rotatable bonds is 8. The Bertz CT molecular complexity index is 850. The summed E-state index contributed by atoms with van der Waals surface area (Å²) in [4.78, 5) is 23.5. The maximum Gasteiger partial charge on any atom is 0.422 e. The molecule has 0 saturated carbocycles. The molecule has 28 heavy (non-hydrogen) atoms. The number of halogens is 3. The average Bonchev–Trinajstić information content (AvgIpc) is 2.64. The first kappa shape index (κ1) is 21.3. The normalized spacial score (nSPS) is 11.0. The summed E-state index contributed by atoms with van der Waals surface area (Å²) in [6.45, 7) is 0.0286. The van der Waals surface area contributed by atoms with Gasteiger partial charge in [0.25, 0.3) is 0 Å². The summed E-state index contributed by atoms with van der Waals surface area (Å²) < 4.78 is 46.6. The van der Waals surface area contributed by atoms with Gasteiger partial charge in [0.2, 0.25) is 5.91 Å². The minimum absolute atomic E-state index is 0.0194. The van der Waals surface area contributed by atoms with E-state index < -0.39 is 12.8 Å². The quantitative estimate of drug-likeness (QED) is 0.673. The molecule has 0 aromatic heterocycles. The number of anilines is 1. The Morgan fingerprint density at radius 2 is 1.82 bits per heavy atom. The number of ketones is 1. The van der Waals surface area contributed by atoms with Crippen molar-refractivity contribution in [1.29, 1.82) is 0 Å². The van der Waals surface area contributed by atoms with Crippen molar-refractivity contribution in [3.63, 3.8) is 0 Å². The number of methoxy groups -OCH3 is 1. The first-order valence-corrected chi connectivity index (χ1v) is 8.45. The first-order valence-electron chi connectivity index (χ1n) is 8.45. The molecular formula is C20H20F3NO4. The van der Waals surface area contributed by atoms with Crippen LogP contribution in [0.3, 0.4) is 0 Å². The van der Waals surface area contributed by atoms with Gasteiger partial charge in [-0.05, 0) is 43.2 Å². The van der Waals surface area contributed by atoms with Crippen LogP contribution in [0.2, 0.25) is 0 Å². The highest BCUT2D eigenvalue weighted by Crippen LogP contribution is 2.30. The predicted molar refractivity (Wildman–Crippen MR) is 97.9 cm³/mol. The summed E-state index contributed by atoms with van der Waals surface area (Å²) in [7, 11) is 1.33. The Kier molecular flexibility index (Phi) is 7.03. The number of carbonyl (C=O) groups is 2. The van der Waals surface area contributed by atoms with Gasteiger partial charge in [0.05, 0.1) is 7.11 Å². The van der Waals surface area contributed by atoms with Crippen molar-refractivity contribution in [3.05, 3.63) is 53.6 Å². The van der Waals surface area contributed by atoms with Crippen LogP contribution >= 0.6 is 0 Å². The van der Waals surface area contributed by atoms with E-state index in [4.69, 9.17) is 9.47 Å². The summed E-state index contributed by atoms with van der Waals surface area (Å²) in [5.74, 6) is -0.210. The molecule has 2 aromatic carbocycles. The summed E-state index contributed by atoms with van der Waals surface area (Å²) in [5, 5.41) is 2.71. The van der Waals surface area contributed by atoms with E-state index in [1.54, 1.807) is 30.3 Å². The molecule has 0 aliphatic heterocycles. The zero-order valence-corrected chi connectivity index (χ0v) is 15.4. The highest BCUT2D eigenvalue weighted by molar-refractivity contribution is 5.97. The molecule has 0 bridgehead atoms. The third-order valence-corrected chi connectivity index (χ3v) is 3.81. The lowest BCUT2D eigenvalue weighted by Crippen LogP contribution is -2.19. The van der Waals surface area contributed by atoms with E-state index >= 15 is 0 Å². The Hall–Kier alpha value is -3.03. The molecule has 0 fully saturated rings. The molecule has 0 saturated heterocycles. The SMILES string of the molecule is COc1cc(CCC(=O)Nc2cccc(C(C)=O)c2)ccc1OCC(F)(F)F. The van der Waals surface area contributed by atoms with E-state index in [9.17, 15) is 22.8 Å². The molecule has 8 heteroatoms.